The molecule has 3 aromatic carbocycles. The van der Waals surface area contributed by atoms with E-state index in [2.05, 4.69) is 15.9 Å². The van der Waals surface area contributed by atoms with E-state index in [-0.39, 0.29) is 11.3 Å². The number of amides is 1. The van der Waals surface area contributed by atoms with Crippen molar-refractivity contribution in [2.45, 2.75) is 19.9 Å². The van der Waals surface area contributed by atoms with Crippen LogP contribution in [0.3, 0.4) is 0 Å². The van der Waals surface area contributed by atoms with Gasteiger partial charge in [-0.3, -0.25) is 14.5 Å². The molecule has 1 atom stereocenters. The number of carbonyl (C=O) groups is 2. The maximum atomic E-state index is 13.1. The number of rotatable bonds is 3. The van der Waals surface area contributed by atoms with Crippen LogP contribution in [0.2, 0.25) is 0 Å². The lowest BCUT2D eigenvalue weighted by Gasteiger charge is -2.26. The molecule has 1 heterocycles. The Balaban J connectivity index is 1.96. The zero-order chi connectivity index (χ0) is 21.4. The normalized spacial score (nSPS) is 18.1. The van der Waals surface area contributed by atoms with Crippen LogP contribution in [-0.4, -0.2) is 16.8 Å². The van der Waals surface area contributed by atoms with Gasteiger partial charge >= 0.3 is 0 Å². The van der Waals surface area contributed by atoms with Gasteiger partial charge < -0.3 is 5.11 Å². The van der Waals surface area contributed by atoms with E-state index < -0.39 is 17.7 Å². The Morgan fingerprint density at radius 2 is 1.50 bits per heavy atom. The minimum absolute atomic E-state index is 0.0904. The first-order valence-corrected chi connectivity index (χ1v) is 10.4. The fourth-order valence-corrected chi connectivity index (χ4v) is 4.17. The van der Waals surface area contributed by atoms with Crippen LogP contribution in [0.1, 0.15) is 28.3 Å². The Hall–Kier alpha value is -3.18. The van der Waals surface area contributed by atoms with Crippen LogP contribution in [0.15, 0.2) is 82.8 Å². The van der Waals surface area contributed by atoms with Crippen molar-refractivity contribution in [3.8, 4) is 0 Å². The molecular weight excluding hydrogens is 442 g/mol. The van der Waals surface area contributed by atoms with Gasteiger partial charge in [0, 0.05) is 15.7 Å². The lowest BCUT2D eigenvalue weighted by Crippen LogP contribution is -2.29. The summed E-state index contributed by atoms with van der Waals surface area (Å²) < 4.78 is 0.856. The van der Waals surface area contributed by atoms with Crippen molar-refractivity contribution < 1.29 is 14.7 Å². The Kier molecular flexibility index (Phi) is 5.31. The lowest BCUT2D eigenvalue weighted by molar-refractivity contribution is -0.132. The van der Waals surface area contributed by atoms with Crippen molar-refractivity contribution in [3.63, 3.8) is 0 Å². The van der Waals surface area contributed by atoms with Crippen molar-refractivity contribution >= 4 is 39.1 Å². The standard InChI is InChI=1S/C25H20BrNO3/c1-15-12-16(2)14-20(13-15)27-22(17-6-4-3-5-7-17)21(24(29)25(27)30)23(28)18-8-10-19(26)11-9-18/h3-14,22,28H,1-2H3/b23-21+. The molecule has 1 aliphatic heterocycles. The first-order valence-electron chi connectivity index (χ1n) is 9.57. The van der Waals surface area contributed by atoms with Gasteiger partial charge in [0.05, 0.1) is 11.6 Å². The van der Waals surface area contributed by atoms with E-state index in [9.17, 15) is 14.7 Å². The second-order valence-electron chi connectivity index (χ2n) is 7.43. The van der Waals surface area contributed by atoms with Gasteiger partial charge in [-0.1, -0.05) is 64.5 Å². The molecule has 0 aromatic heterocycles. The summed E-state index contributed by atoms with van der Waals surface area (Å²) in [5.41, 5.74) is 3.95. The number of carbonyl (C=O) groups excluding carboxylic acids is 2. The molecule has 0 radical (unpaired) electrons. The third kappa shape index (κ3) is 3.57. The van der Waals surface area contributed by atoms with Crippen LogP contribution in [0.5, 0.6) is 0 Å². The minimum atomic E-state index is -0.712. The van der Waals surface area contributed by atoms with E-state index in [1.807, 2.05) is 62.4 Å². The number of aliphatic hydroxyl groups is 1. The molecule has 0 spiro atoms. The zero-order valence-electron chi connectivity index (χ0n) is 16.6. The van der Waals surface area contributed by atoms with Crippen molar-refractivity contribution in [3.05, 3.63) is 105 Å². The highest BCUT2D eigenvalue weighted by Crippen LogP contribution is 2.42. The number of aliphatic hydroxyl groups excluding tert-OH is 1. The highest BCUT2D eigenvalue weighted by molar-refractivity contribution is 9.10. The molecule has 30 heavy (non-hydrogen) atoms. The molecule has 4 nitrogen and oxygen atoms in total. The van der Waals surface area contributed by atoms with Crippen LogP contribution in [0, 0.1) is 13.8 Å². The summed E-state index contributed by atoms with van der Waals surface area (Å²) in [6.45, 7) is 3.90. The van der Waals surface area contributed by atoms with Crippen molar-refractivity contribution in [1.29, 1.82) is 0 Å². The molecule has 1 fully saturated rings. The number of Topliss-reactive ketones (excluding diaryl/α,β-unsaturated/α-hetero) is 1. The summed E-state index contributed by atoms with van der Waals surface area (Å²) in [5, 5.41) is 11.1. The van der Waals surface area contributed by atoms with Gasteiger partial charge in [-0.25, -0.2) is 0 Å². The Morgan fingerprint density at radius 1 is 0.900 bits per heavy atom. The topological polar surface area (TPSA) is 57.6 Å². The third-order valence-electron chi connectivity index (χ3n) is 5.16. The quantitative estimate of drug-likeness (QED) is 0.309. The predicted molar refractivity (Wildman–Crippen MR) is 121 cm³/mol. The molecular formula is C25H20BrNO3. The second kappa shape index (κ2) is 7.92. The molecule has 1 aliphatic rings. The number of nitrogens with zero attached hydrogens (tertiary/aromatic N) is 1. The van der Waals surface area contributed by atoms with Gasteiger partial charge in [0.2, 0.25) is 0 Å². The zero-order valence-corrected chi connectivity index (χ0v) is 18.2. The highest BCUT2D eigenvalue weighted by Gasteiger charge is 2.46. The Morgan fingerprint density at radius 3 is 2.10 bits per heavy atom. The van der Waals surface area contributed by atoms with Gasteiger partial charge in [-0.2, -0.15) is 0 Å². The van der Waals surface area contributed by atoms with Crippen molar-refractivity contribution in [2.75, 3.05) is 4.90 Å². The predicted octanol–water partition coefficient (Wildman–Crippen LogP) is 5.69. The third-order valence-corrected chi connectivity index (χ3v) is 5.69. The molecule has 1 unspecified atom stereocenters. The molecule has 5 heteroatoms. The molecule has 0 bridgehead atoms. The van der Waals surface area contributed by atoms with E-state index in [0.717, 1.165) is 21.2 Å². The average molecular weight is 462 g/mol. The highest BCUT2D eigenvalue weighted by atomic mass is 79.9. The molecule has 1 amide bonds. The van der Waals surface area contributed by atoms with E-state index in [0.29, 0.717) is 11.3 Å². The Labute approximate surface area is 183 Å². The van der Waals surface area contributed by atoms with Crippen LogP contribution in [-0.2, 0) is 9.59 Å². The van der Waals surface area contributed by atoms with Gasteiger partial charge in [-0.15, -0.1) is 0 Å². The van der Waals surface area contributed by atoms with E-state index in [1.54, 1.807) is 24.3 Å². The largest absolute Gasteiger partial charge is 0.507 e. The Bertz CT molecular complexity index is 1150. The summed E-state index contributed by atoms with van der Waals surface area (Å²) in [6.07, 6.45) is 0. The van der Waals surface area contributed by atoms with E-state index >= 15 is 0 Å². The SMILES string of the molecule is Cc1cc(C)cc(N2C(=O)C(=O)/C(=C(/O)c3ccc(Br)cc3)C2c2ccccc2)c1. The van der Waals surface area contributed by atoms with Crippen LogP contribution >= 0.6 is 15.9 Å². The number of anilines is 1. The second-order valence-corrected chi connectivity index (χ2v) is 8.35. The number of benzene rings is 3. The average Bonchev–Trinajstić information content (AvgIpc) is 2.99. The monoisotopic (exact) mass is 461 g/mol. The fourth-order valence-electron chi connectivity index (χ4n) is 3.90. The molecule has 1 saturated heterocycles. The molecule has 0 aliphatic carbocycles. The fraction of sp³-hybridized carbons (Fsp3) is 0.120. The summed E-state index contributed by atoms with van der Waals surface area (Å²) in [6, 6.07) is 21.4. The molecule has 0 saturated carbocycles. The smallest absolute Gasteiger partial charge is 0.300 e. The molecule has 1 N–H and O–H groups in total. The first kappa shape index (κ1) is 20.1. The number of ketones is 1. The molecule has 4 rings (SSSR count). The summed E-state index contributed by atoms with van der Waals surface area (Å²) in [4.78, 5) is 27.7. The lowest BCUT2D eigenvalue weighted by atomic mass is 9.95. The van der Waals surface area contributed by atoms with Crippen LogP contribution in [0.4, 0.5) is 5.69 Å². The van der Waals surface area contributed by atoms with Gasteiger partial charge in [0.25, 0.3) is 11.7 Å². The van der Waals surface area contributed by atoms with Gasteiger partial charge in [0.1, 0.15) is 5.76 Å². The summed E-state index contributed by atoms with van der Waals surface area (Å²) in [7, 11) is 0. The molecule has 3 aromatic rings. The number of hydrogen-bond donors (Lipinski definition) is 1. The van der Waals surface area contributed by atoms with E-state index in [1.165, 1.54) is 4.90 Å². The number of hydrogen-bond acceptors (Lipinski definition) is 3. The van der Waals surface area contributed by atoms with Crippen LogP contribution < -0.4 is 4.90 Å². The van der Waals surface area contributed by atoms with E-state index in [4.69, 9.17) is 0 Å². The molecule has 150 valence electrons. The van der Waals surface area contributed by atoms with Crippen LogP contribution in [0.25, 0.3) is 5.76 Å². The maximum absolute atomic E-state index is 13.1. The number of halogens is 1. The number of aryl methyl sites for hydroxylation is 2. The van der Waals surface area contributed by atoms with Crippen molar-refractivity contribution in [1.82, 2.24) is 0 Å². The first-order chi connectivity index (χ1) is 14.4. The van der Waals surface area contributed by atoms with Gasteiger partial charge in [0.15, 0.2) is 0 Å². The van der Waals surface area contributed by atoms with Gasteiger partial charge in [-0.05, 0) is 54.8 Å². The minimum Gasteiger partial charge on any atom is -0.507 e. The van der Waals surface area contributed by atoms with Crippen molar-refractivity contribution in [2.24, 2.45) is 0 Å². The summed E-state index contributed by atoms with van der Waals surface area (Å²) in [5.74, 6) is -1.52. The maximum Gasteiger partial charge on any atom is 0.300 e. The summed E-state index contributed by atoms with van der Waals surface area (Å²) >= 11 is 3.37.